The summed E-state index contributed by atoms with van der Waals surface area (Å²) >= 11 is 0. The van der Waals surface area contributed by atoms with Gasteiger partial charge in [-0.2, -0.15) is 0 Å². The predicted molar refractivity (Wildman–Crippen MR) is 66.1 cm³/mol. The van der Waals surface area contributed by atoms with E-state index in [1.54, 1.807) is 0 Å². The molecule has 1 aliphatic rings. The Morgan fingerprint density at radius 3 is 2.69 bits per heavy atom. The van der Waals surface area contributed by atoms with Crippen LogP contribution in [0.4, 0.5) is 0 Å². The smallest absolute Gasteiger partial charge is 0.309 e. The number of carbonyl (C=O) groups is 2. The van der Waals surface area contributed by atoms with E-state index < -0.39 is 8.07 Å². The standard InChI is InChI=1S/C12H22O3Si/c1-16(2,3)8-7-15-12(14)10-5-4-6-11(13)9-10/h10H,4-9H2,1-3H3. The lowest BCUT2D eigenvalue weighted by molar-refractivity contribution is -0.150. The number of ether oxygens (including phenoxy) is 1. The first-order valence-corrected chi connectivity index (χ1v) is 9.77. The SMILES string of the molecule is C[Si](C)(C)CCOC(=O)C1CCCC(=O)C1. The third kappa shape index (κ3) is 4.92. The van der Waals surface area contributed by atoms with Gasteiger partial charge in [0.1, 0.15) is 5.78 Å². The van der Waals surface area contributed by atoms with Crippen molar-refractivity contribution in [2.75, 3.05) is 6.61 Å². The van der Waals surface area contributed by atoms with E-state index in [0.717, 1.165) is 18.9 Å². The molecule has 0 aromatic rings. The van der Waals surface area contributed by atoms with E-state index in [9.17, 15) is 9.59 Å². The van der Waals surface area contributed by atoms with Gasteiger partial charge in [-0.25, -0.2) is 0 Å². The maximum atomic E-state index is 11.7. The fourth-order valence-corrected chi connectivity index (χ4v) is 2.52. The number of hydrogen-bond donors (Lipinski definition) is 0. The van der Waals surface area contributed by atoms with E-state index in [-0.39, 0.29) is 17.7 Å². The lowest BCUT2D eigenvalue weighted by atomic mass is 9.88. The molecule has 4 heteroatoms. The Morgan fingerprint density at radius 2 is 2.12 bits per heavy atom. The van der Waals surface area contributed by atoms with E-state index in [0.29, 0.717) is 19.4 Å². The maximum absolute atomic E-state index is 11.7. The summed E-state index contributed by atoms with van der Waals surface area (Å²) in [5.41, 5.74) is 0. The molecule has 1 atom stereocenters. The summed E-state index contributed by atoms with van der Waals surface area (Å²) in [6.45, 7) is 7.29. The first-order chi connectivity index (χ1) is 7.38. The molecule has 1 aliphatic carbocycles. The van der Waals surface area contributed by atoms with Crippen molar-refractivity contribution in [1.82, 2.24) is 0 Å². The molecule has 0 N–H and O–H groups in total. The fourth-order valence-electron chi connectivity index (χ4n) is 1.80. The molecule has 0 bridgehead atoms. The normalized spacial score (nSPS) is 21.9. The highest BCUT2D eigenvalue weighted by molar-refractivity contribution is 6.76. The van der Waals surface area contributed by atoms with Gasteiger partial charge in [0, 0.05) is 20.9 Å². The van der Waals surface area contributed by atoms with Gasteiger partial charge in [0.05, 0.1) is 12.5 Å². The number of Topliss-reactive ketones (excluding diaryl/α,β-unsaturated/α-hetero) is 1. The molecule has 0 aliphatic heterocycles. The third-order valence-corrected chi connectivity index (χ3v) is 4.62. The molecular formula is C12H22O3Si. The fraction of sp³-hybridized carbons (Fsp3) is 0.833. The summed E-state index contributed by atoms with van der Waals surface area (Å²) in [6.07, 6.45) is 2.69. The van der Waals surface area contributed by atoms with E-state index in [4.69, 9.17) is 4.74 Å². The summed E-state index contributed by atoms with van der Waals surface area (Å²) in [5, 5.41) is 0. The van der Waals surface area contributed by atoms with E-state index >= 15 is 0 Å². The average Bonchev–Trinajstić information content (AvgIpc) is 2.15. The van der Waals surface area contributed by atoms with E-state index in [1.165, 1.54) is 0 Å². The molecule has 0 spiro atoms. The van der Waals surface area contributed by atoms with Crippen molar-refractivity contribution < 1.29 is 14.3 Å². The molecule has 0 aromatic carbocycles. The molecule has 1 unspecified atom stereocenters. The highest BCUT2D eigenvalue weighted by Gasteiger charge is 2.27. The summed E-state index contributed by atoms with van der Waals surface area (Å²) in [5.74, 6) is -0.118. The molecule has 0 heterocycles. The number of esters is 1. The number of rotatable bonds is 4. The molecule has 0 amide bonds. The molecule has 92 valence electrons. The summed E-state index contributed by atoms with van der Waals surface area (Å²) in [4.78, 5) is 22.9. The van der Waals surface area contributed by atoms with Crippen LogP contribution in [-0.4, -0.2) is 26.4 Å². The van der Waals surface area contributed by atoms with Crippen molar-refractivity contribution in [2.45, 2.75) is 51.4 Å². The lowest BCUT2D eigenvalue weighted by Crippen LogP contribution is -2.27. The van der Waals surface area contributed by atoms with Gasteiger partial charge in [-0.05, 0) is 18.9 Å². The van der Waals surface area contributed by atoms with Gasteiger partial charge >= 0.3 is 5.97 Å². The Morgan fingerprint density at radius 1 is 1.44 bits per heavy atom. The van der Waals surface area contributed by atoms with Gasteiger partial charge in [-0.3, -0.25) is 9.59 Å². The minimum atomic E-state index is -1.13. The zero-order valence-corrected chi connectivity index (χ0v) is 11.5. The van der Waals surface area contributed by atoms with Crippen LogP contribution in [0.3, 0.4) is 0 Å². The van der Waals surface area contributed by atoms with Crippen LogP contribution < -0.4 is 0 Å². The quantitative estimate of drug-likeness (QED) is 0.562. The monoisotopic (exact) mass is 242 g/mol. The Hall–Kier alpha value is -0.643. The van der Waals surface area contributed by atoms with Gasteiger partial charge in [0.2, 0.25) is 0 Å². The first-order valence-electron chi connectivity index (χ1n) is 6.07. The predicted octanol–water partition coefficient (Wildman–Crippen LogP) is 2.63. The second-order valence-corrected chi connectivity index (χ2v) is 11.4. The summed E-state index contributed by atoms with van der Waals surface area (Å²) < 4.78 is 5.25. The molecule has 1 fully saturated rings. The van der Waals surface area contributed by atoms with Crippen molar-refractivity contribution in [3.8, 4) is 0 Å². The zero-order valence-electron chi connectivity index (χ0n) is 10.5. The van der Waals surface area contributed by atoms with Gasteiger partial charge in [-0.15, -0.1) is 0 Å². The Balaban J connectivity index is 2.27. The Bertz CT molecular complexity index is 268. The minimum absolute atomic E-state index is 0.161. The molecule has 0 saturated heterocycles. The highest BCUT2D eigenvalue weighted by Crippen LogP contribution is 2.22. The van der Waals surface area contributed by atoms with E-state index in [1.807, 2.05) is 0 Å². The van der Waals surface area contributed by atoms with Gasteiger partial charge in [-0.1, -0.05) is 19.6 Å². The second-order valence-electron chi connectivity index (χ2n) is 5.81. The van der Waals surface area contributed by atoms with Crippen molar-refractivity contribution in [1.29, 1.82) is 0 Å². The molecule has 0 radical (unpaired) electrons. The average molecular weight is 242 g/mol. The van der Waals surface area contributed by atoms with Crippen LogP contribution in [0.2, 0.25) is 25.7 Å². The van der Waals surface area contributed by atoms with Crippen LogP contribution in [0, 0.1) is 5.92 Å². The molecule has 1 rings (SSSR count). The van der Waals surface area contributed by atoms with Gasteiger partial charge in [0.15, 0.2) is 0 Å². The summed E-state index contributed by atoms with van der Waals surface area (Å²) in [6, 6.07) is 0.999. The molecule has 0 aromatic heterocycles. The van der Waals surface area contributed by atoms with Gasteiger partial charge in [0.25, 0.3) is 0 Å². The first kappa shape index (κ1) is 13.4. The van der Waals surface area contributed by atoms with Crippen molar-refractivity contribution in [3.63, 3.8) is 0 Å². The minimum Gasteiger partial charge on any atom is -0.466 e. The van der Waals surface area contributed by atoms with Crippen LogP contribution in [0.15, 0.2) is 0 Å². The van der Waals surface area contributed by atoms with E-state index in [2.05, 4.69) is 19.6 Å². The zero-order chi connectivity index (χ0) is 12.2. The largest absolute Gasteiger partial charge is 0.466 e. The van der Waals surface area contributed by atoms with Crippen LogP contribution in [0.1, 0.15) is 25.7 Å². The summed E-state index contributed by atoms with van der Waals surface area (Å²) in [7, 11) is -1.13. The number of carbonyl (C=O) groups excluding carboxylic acids is 2. The van der Waals surface area contributed by atoms with Crippen molar-refractivity contribution >= 4 is 19.8 Å². The van der Waals surface area contributed by atoms with Gasteiger partial charge < -0.3 is 4.74 Å². The number of ketones is 1. The molecular weight excluding hydrogens is 220 g/mol. The highest BCUT2D eigenvalue weighted by atomic mass is 28.3. The van der Waals surface area contributed by atoms with Crippen LogP contribution >= 0.6 is 0 Å². The van der Waals surface area contributed by atoms with Crippen LogP contribution in [-0.2, 0) is 14.3 Å². The molecule has 16 heavy (non-hydrogen) atoms. The van der Waals surface area contributed by atoms with Crippen molar-refractivity contribution in [3.05, 3.63) is 0 Å². The Kier molecular flexibility index (Phi) is 4.71. The maximum Gasteiger partial charge on any atom is 0.309 e. The molecule has 1 saturated carbocycles. The second kappa shape index (κ2) is 5.62. The van der Waals surface area contributed by atoms with Crippen molar-refractivity contribution in [2.24, 2.45) is 5.92 Å². The molecule has 3 nitrogen and oxygen atoms in total. The Labute approximate surface area is 98.6 Å². The topological polar surface area (TPSA) is 43.4 Å². The third-order valence-electron chi connectivity index (χ3n) is 2.91. The number of hydrogen-bond acceptors (Lipinski definition) is 3. The van der Waals surface area contributed by atoms with Crippen LogP contribution in [0.5, 0.6) is 0 Å². The lowest BCUT2D eigenvalue weighted by Gasteiger charge is -2.20. The van der Waals surface area contributed by atoms with Crippen LogP contribution in [0.25, 0.3) is 0 Å².